The van der Waals surface area contributed by atoms with Gasteiger partial charge in [-0.15, -0.1) is 11.3 Å². The molecule has 90 valence electrons. The fraction of sp³-hybridized carbons (Fsp3) is 0.583. The second-order valence-electron chi connectivity index (χ2n) is 4.10. The minimum absolute atomic E-state index is 0.284. The van der Waals surface area contributed by atoms with Crippen LogP contribution in [0.4, 0.5) is 0 Å². The molecule has 1 N–H and O–H groups in total. The number of unbranched alkanes of at least 4 members (excludes halogenated alkanes) is 1. The van der Waals surface area contributed by atoms with Crippen LogP contribution in [0.1, 0.15) is 29.0 Å². The van der Waals surface area contributed by atoms with E-state index in [0.29, 0.717) is 0 Å². The van der Waals surface area contributed by atoms with Crippen LogP contribution in [0.25, 0.3) is 0 Å². The normalized spacial score (nSPS) is 10.9. The highest BCUT2D eigenvalue weighted by molar-refractivity contribution is 7.11. The Labute approximate surface area is 101 Å². The van der Waals surface area contributed by atoms with Gasteiger partial charge in [0.1, 0.15) is 0 Å². The average molecular weight is 241 g/mol. The molecule has 0 saturated carbocycles. The van der Waals surface area contributed by atoms with E-state index >= 15 is 0 Å². The van der Waals surface area contributed by atoms with Crippen LogP contribution in [-0.2, 0) is 11.3 Å². The first-order valence-corrected chi connectivity index (χ1v) is 6.35. The number of aliphatic carboxylic acids is 1. The number of carboxylic acids is 1. The minimum atomic E-state index is -0.698. The summed E-state index contributed by atoms with van der Waals surface area (Å²) in [5.41, 5.74) is 0. The Hall–Kier alpha value is -0.870. The van der Waals surface area contributed by atoms with E-state index in [1.54, 1.807) is 0 Å². The molecule has 0 saturated heterocycles. The SMILES string of the molecule is Cc1ccc(CN(C)CCCCC(=O)O)s1. The van der Waals surface area contributed by atoms with Crippen molar-refractivity contribution in [2.75, 3.05) is 13.6 Å². The molecule has 0 amide bonds. The molecule has 0 aliphatic heterocycles. The Morgan fingerprint density at radius 3 is 2.75 bits per heavy atom. The fourth-order valence-electron chi connectivity index (χ4n) is 1.57. The van der Waals surface area contributed by atoms with Gasteiger partial charge in [-0.2, -0.15) is 0 Å². The van der Waals surface area contributed by atoms with E-state index in [9.17, 15) is 4.79 Å². The van der Waals surface area contributed by atoms with Gasteiger partial charge in [0.15, 0.2) is 0 Å². The van der Waals surface area contributed by atoms with Crippen LogP contribution < -0.4 is 0 Å². The van der Waals surface area contributed by atoms with Crippen molar-refractivity contribution in [1.82, 2.24) is 4.90 Å². The van der Waals surface area contributed by atoms with Crippen LogP contribution in [0.15, 0.2) is 12.1 Å². The molecule has 0 aliphatic rings. The summed E-state index contributed by atoms with van der Waals surface area (Å²) in [5.74, 6) is -0.698. The molecule has 0 aliphatic carbocycles. The number of thiophene rings is 1. The van der Waals surface area contributed by atoms with E-state index in [0.717, 1.165) is 25.9 Å². The number of hydrogen-bond acceptors (Lipinski definition) is 3. The van der Waals surface area contributed by atoms with Crippen LogP contribution in [0.5, 0.6) is 0 Å². The molecule has 16 heavy (non-hydrogen) atoms. The maximum atomic E-state index is 10.3. The van der Waals surface area contributed by atoms with Crippen LogP contribution in [0, 0.1) is 6.92 Å². The lowest BCUT2D eigenvalue weighted by atomic mass is 10.2. The molecule has 1 aromatic heterocycles. The van der Waals surface area contributed by atoms with E-state index in [2.05, 4.69) is 31.0 Å². The van der Waals surface area contributed by atoms with Gasteiger partial charge in [-0.3, -0.25) is 4.79 Å². The summed E-state index contributed by atoms with van der Waals surface area (Å²) in [6, 6.07) is 4.30. The van der Waals surface area contributed by atoms with Gasteiger partial charge in [0.2, 0.25) is 0 Å². The lowest BCUT2D eigenvalue weighted by Gasteiger charge is -2.14. The number of nitrogens with zero attached hydrogens (tertiary/aromatic N) is 1. The lowest BCUT2D eigenvalue weighted by molar-refractivity contribution is -0.137. The summed E-state index contributed by atoms with van der Waals surface area (Å²) in [4.78, 5) is 15.3. The van der Waals surface area contributed by atoms with Crippen molar-refractivity contribution >= 4 is 17.3 Å². The molecular formula is C12H19NO2S. The van der Waals surface area contributed by atoms with Crippen LogP contribution in [0.3, 0.4) is 0 Å². The summed E-state index contributed by atoms with van der Waals surface area (Å²) in [5, 5.41) is 8.50. The summed E-state index contributed by atoms with van der Waals surface area (Å²) in [7, 11) is 2.08. The average Bonchev–Trinajstić information content (AvgIpc) is 2.58. The van der Waals surface area contributed by atoms with Gasteiger partial charge in [0.25, 0.3) is 0 Å². The van der Waals surface area contributed by atoms with Gasteiger partial charge in [-0.05, 0) is 45.5 Å². The highest BCUT2D eigenvalue weighted by Crippen LogP contribution is 2.16. The Morgan fingerprint density at radius 2 is 2.19 bits per heavy atom. The molecule has 0 bridgehead atoms. The molecule has 1 aromatic rings. The van der Waals surface area contributed by atoms with Gasteiger partial charge in [-0.1, -0.05) is 0 Å². The van der Waals surface area contributed by atoms with E-state index in [-0.39, 0.29) is 6.42 Å². The van der Waals surface area contributed by atoms with Crippen molar-refractivity contribution in [3.8, 4) is 0 Å². The predicted octanol–water partition coefficient (Wildman–Crippen LogP) is 2.74. The zero-order chi connectivity index (χ0) is 12.0. The van der Waals surface area contributed by atoms with E-state index in [1.165, 1.54) is 9.75 Å². The smallest absolute Gasteiger partial charge is 0.303 e. The number of aryl methyl sites for hydroxylation is 1. The van der Waals surface area contributed by atoms with Crippen LogP contribution in [-0.4, -0.2) is 29.6 Å². The van der Waals surface area contributed by atoms with Gasteiger partial charge < -0.3 is 10.0 Å². The van der Waals surface area contributed by atoms with E-state index in [4.69, 9.17) is 5.11 Å². The molecule has 0 atom stereocenters. The third-order valence-electron chi connectivity index (χ3n) is 2.40. The summed E-state index contributed by atoms with van der Waals surface area (Å²) < 4.78 is 0. The molecule has 1 heterocycles. The quantitative estimate of drug-likeness (QED) is 0.746. The lowest BCUT2D eigenvalue weighted by Crippen LogP contribution is -2.18. The Morgan fingerprint density at radius 1 is 1.44 bits per heavy atom. The highest BCUT2D eigenvalue weighted by atomic mass is 32.1. The maximum absolute atomic E-state index is 10.3. The number of carbonyl (C=O) groups is 1. The summed E-state index contributed by atoms with van der Waals surface area (Å²) in [6.07, 6.45) is 2.00. The Kier molecular flexibility index (Phi) is 5.49. The second kappa shape index (κ2) is 6.66. The molecule has 0 radical (unpaired) electrons. The predicted molar refractivity (Wildman–Crippen MR) is 66.9 cm³/mol. The number of carboxylic acid groups (broad SMARTS) is 1. The van der Waals surface area contributed by atoms with Gasteiger partial charge >= 0.3 is 5.97 Å². The van der Waals surface area contributed by atoms with Crippen molar-refractivity contribution in [2.24, 2.45) is 0 Å². The van der Waals surface area contributed by atoms with Gasteiger partial charge in [0.05, 0.1) is 0 Å². The standard InChI is InChI=1S/C12H19NO2S/c1-10-6-7-11(16-10)9-13(2)8-4-3-5-12(14)15/h6-7H,3-5,8-9H2,1-2H3,(H,14,15). The third-order valence-corrected chi connectivity index (χ3v) is 3.39. The fourth-order valence-corrected chi connectivity index (χ4v) is 2.54. The number of rotatable bonds is 7. The van der Waals surface area contributed by atoms with E-state index < -0.39 is 5.97 Å². The molecule has 0 aromatic carbocycles. The van der Waals surface area contributed by atoms with Crippen molar-refractivity contribution in [3.05, 3.63) is 21.9 Å². The molecule has 0 fully saturated rings. The minimum Gasteiger partial charge on any atom is -0.481 e. The zero-order valence-corrected chi connectivity index (χ0v) is 10.7. The van der Waals surface area contributed by atoms with Crippen molar-refractivity contribution < 1.29 is 9.90 Å². The van der Waals surface area contributed by atoms with Crippen LogP contribution in [0.2, 0.25) is 0 Å². The molecule has 0 unspecified atom stereocenters. The van der Waals surface area contributed by atoms with Crippen molar-refractivity contribution in [2.45, 2.75) is 32.7 Å². The largest absolute Gasteiger partial charge is 0.481 e. The topological polar surface area (TPSA) is 40.5 Å². The zero-order valence-electron chi connectivity index (χ0n) is 9.90. The molecule has 3 nitrogen and oxygen atoms in total. The maximum Gasteiger partial charge on any atom is 0.303 e. The van der Waals surface area contributed by atoms with Crippen molar-refractivity contribution in [3.63, 3.8) is 0 Å². The number of hydrogen-bond donors (Lipinski definition) is 1. The first kappa shape index (κ1) is 13.2. The molecule has 0 spiro atoms. The highest BCUT2D eigenvalue weighted by Gasteiger charge is 2.03. The Balaban J connectivity index is 2.16. The van der Waals surface area contributed by atoms with Crippen LogP contribution >= 0.6 is 11.3 Å². The molecule has 1 rings (SSSR count). The monoisotopic (exact) mass is 241 g/mol. The third kappa shape index (κ3) is 5.28. The molecule has 4 heteroatoms. The first-order chi connectivity index (χ1) is 7.58. The summed E-state index contributed by atoms with van der Waals surface area (Å²) in [6.45, 7) is 4.04. The Bertz CT molecular complexity index is 336. The molecular weight excluding hydrogens is 222 g/mol. The van der Waals surface area contributed by atoms with Crippen molar-refractivity contribution in [1.29, 1.82) is 0 Å². The second-order valence-corrected chi connectivity index (χ2v) is 5.47. The van der Waals surface area contributed by atoms with Gasteiger partial charge in [-0.25, -0.2) is 0 Å². The summed E-state index contributed by atoms with van der Waals surface area (Å²) >= 11 is 1.82. The van der Waals surface area contributed by atoms with Gasteiger partial charge in [0, 0.05) is 22.7 Å². The van der Waals surface area contributed by atoms with E-state index in [1.807, 2.05) is 11.3 Å². The first-order valence-electron chi connectivity index (χ1n) is 5.53.